The summed E-state index contributed by atoms with van der Waals surface area (Å²) < 4.78 is 0. The number of aliphatic carboxylic acids is 1. The molecule has 0 aromatic rings. The van der Waals surface area contributed by atoms with Crippen molar-refractivity contribution in [2.24, 2.45) is 5.92 Å². The van der Waals surface area contributed by atoms with Gasteiger partial charge in [-0.3, -0.25) is 4.79 Å². The molecule has 96 valence electrons. The summed E-state index contributed by atoms with van der Waals surface area (Å²) in [5.74, 6) is -1.01. The van der Waals surface area contributed by atoms with Crippen LogP contribution in [0.2, 0.25) is 0 Å². The van der Waals surface area contributed by atoms with E-state index in [2.05, 4.69) is 17.2 Å². The topological polar surface area (TPSA) is 78.4 Å². The fraction of sp³-hybridized carbons (Fsp3) is 0.636. The van der Waals surface area contributed by atoms with Gasteiger partial charge in [-0.05, 0) is 25.7 Å². The van der Waals surface area contributed by atoms with Crippen LogP contribution in [0.4, 0.5) is 4.79 Å². The molecule has 1 aliphatic rings. The predicted molar refractivity (Wildman–Crippen MR) is 64.9 cm³/mol. The summed E-state index contributed by atoms with van der Waals surface area (Å²) in [6.07, 6.45) is 2.63. The summed E-state index contributed by atoms with van der Waals surface area (Å²) in [6.45, 7) is 3.69. The Morgan fingerprint density at radius 1 is 1.29 bits per heavy atom. The number of nitrogens with one attached hydrogen (secondary N) is 2. The second-order valence-electron chi connectivity index (χ2n) is 4.23. The summed E-state index contributed by atoms with van der Waals surface area (Å²) in [5, 5.41) is 14.6. The molecule has 1 saturated carbocycles. The first-order valence-corrected chi connectivity index (χ1v) is 5.97. The smallest absolute Gasteiger partial charge is 0.315 e. The van der Waals surface area contributed by atoms with Crippen molar-refractivity contribution >= 4 is 23.6 Å². The van der Waals surface area contributed by atoms with Crippen LogP contribution in [0.1, 0.15) is 25.7 Å². The highest BCUT2D eigenvalue weighted by molar-refractivity contribution is 6.29. The normalized spacial score (nSPS) is 23.8. The van der Waals surface area contributed by atoms with Gasteiger partial charge in [-0.2, -0.15) is 0 Å². The molecule has 0 aromatic heterocycles. The van der Waals surface area contributed by atoms with Crippen molar-refractivity contribution in [2.75, 3.05) is 6.54 Å². The number of carboxylic acid groups (broad SMARTS) is 1. The predicted octanol–water partition coefficient (Wildman–Crippen LogP) is 1.68. The number of hydrogen-bond acceptors (Lipinski definition) is 2. The standard InChI is InChI=1S/C11H17ClN2O3/c1-7(12)6-13-11(17)14-9-4-2-8(3-5-9)10(15)16/h8-9H,1-6H2,(H,15,16)(H2,13,14,17). The molecule has 0 atom stereocenters. The van der Waals surface area contributed by atoms with E-state index in [1.165, 1.54) is 0 Å². The van der Waals surface area contributed by atoms with Crippen LogP contribution in [0, 0.1) is 5.92 Å². The molecule has 0 spiro atoms. The van der Waals surface area contributed by atoms with Crippen LogP contribution in [0.5, 0.6) is 0 Å². The van der Waals surface area contributed by atoms with E-state index < -0.39 is 5.97 Å². The Kier molecular flexibility index (Phi) is 5.28. The Morgan fingerprint density at radius 3 is 2.35 bits per heavy atom. The van der Waals surface area contributed by atoms with E-state index in [-0.39, 0.29) is 24.5 Å². The third kappa shape index (κ3) is 5.08. The van der Waals surface area contributed by atoms with E-state index in [4.69, 9.17) is 16.7 Å². The molecule has 0 aromatic carbocycles. The van der Waals surface area contributed by atoms with Crippen molar-refractivity contribution in [2.45, 2.75) is 31.7 Å². The SMILES string of the molecule is C=C(Cl)CNC(=O)NC1CCC(C(=O)O)CC1. The molecule has 3 N–H and O–H groups in total. The summed E-state index contributed by atoms with van der Waals surface area (Å²) in [5.41, 5.74) is 0. The van der Waals surface area contributed by atoms with Gasteiger partial charge in [0.25, 0.3) is 0 Å². The van der Waals surface area contributed by atoms with Crippen LogP contribution >= 0.6 is 11.6 Å². The van der Waals surface area contributed by atoms with Gasteiger partial charge in [0.15, 0.2) is 0 Å². The number of carboxylic acids is 1. The molecule has 5 nitrogen and oxygen atoms in total. The third-order valence-electron chi connectivity index (χ3n) is 2.85. The van der Waals surface area contributed by atoms with E-state index in [1.54, 1.807) is 0 Å². The molecule has 0 bridgehead atoms. The minimum atomic E-state index is -0.744. The molecule has 0 aliphatic heterocycles. The highest BCUT2D eigenvalue weighted by Gasteiger charge is 2.26. The first-order valence-electron chi connectivity index (χ1n) is 5.59. The quantitative estimate of drug-likeness (QED) is 0.720. The van der Waals surface area contributed by atoms with E-state index in [9.17, 15) is 9.59 Å². The Bertz CT molecular complexity index is 312. The number of hydrogen-bond donors (Lipinski definition) is 3. The summed E-state index contributed by atoms with van der Waals surface area (Å²) in [7, 11) is 0. The lowest BCUT2D eigenvalue weighted by Crippen LogP contribution is -2.44. The maximum Gasteiger partial charge on any atom is 0.315 e. The zero-order chi connectivity index (χ0) is 12.8. The minimum Gasteiger partial charge on any atom is -0.481 e. The Balaban J connectivity index is 2.23. The number of rotatable bonds is 4. The van der Waals surface area contributed by atoms with E-state index in [0.717, 1.165) is 0 Å². The molecule has 0 radical (unpaired) electrons. The summed E-state index contributed by atoms with van der Waals surface area (Å²) in [6, 6.07) is -0.236. The van der Waals surface area contributed by atoms with Crippen LogP contribution in [0.15, 0.2) is 11.6 Å². The fourth-order valence-corrected chi connectivity index (χ4v) is 1.96. The lowest BCUT2D eigenvalue weighted by molar-refractivity contribution is -0.142. The molecule has 6 heteroatoms. The number of urea groups is 1. The molecule has 17 heavy (non-hydrogen) atoms. The van der Waals surface area contributed by atoms with Crippen molar-refractivity contribution in [3.8, 4) is 0 Å². The molecule has 1 fully saturated rings. The van der Waals surface area contributed by atoms with Crippen molar-refractivity contribution in [3.05, 3.63) is 11.6 Å². The van der Waals surface area contributed by atoms with Crippen LogP contribution < -0.4 is 10.6 Å². The number of carbonyl (C=O) groups is 2. The highest BCUT2D eigenvalue weighted by atomic mass is 35.5. The fourth-order valence-electron chi connectivity index (χ4n) is 1.90. The van der Waals surface area contributed by atoms with Gasteiger partial charge in [-0.15, -0.1) is 0 Å². The third-order valence-corrected chi connectivity index (χ3v) is 2.99. The van der Waals surface area contributed by atoms with Gasteiger partial charge in [0.05, 0.1) is 12.5 Å². The van der Waals surface area contributed by atoms with Crippen LogP contribution in [-0.2, 0) is 4.79 Å². The van der Waals surface area contributed by atoms with Crippen molar-refractivity contribution in [1.82, 2.24) is 10.6 Å². The maximum absolute atomic E-state index is 11.4. The Morgan fingerprint density at radius 2 is 1.88 bits per heavy atom. The van der Waals surface area contributed by atoms with Crippen LogP contribution in [0.3, 0.4) is 0 Å². The van der Waals surface area contributed by atoms with Crippen LogP contribution in [-0.4, -0.2) is 29.7 Å². The van der Waals surface area contributed by atoms with Gasteiger partial charge < -0.3 is 15.7 Å². The first-order chi connectivity index (χ1) is 7.99. The first kappa shape index (κ1) is 13.8. The zero-order valence-corrected chi connectivity index (χ0v) is 10.3. The average molecular weight is 261 g/mol. The molecule has 1 aliphatic carbocycles. The zero-order valence-electron chi connectivity index (χ0n) is 9.54. The van der Waals surface area contributed by atoms with Gasteiger partial charge in [0.1, 0.15) is 0 Å². The second kappa shape index (κ2) is 6.49. The molecular weight excluding hydrogens is 244 g/mol. The lowest BCUT2D eigenvalue weighted by Gasteiger charge is -2.26. The number of halogens is 1. The molecule has 1 rings (SSSR count). The molecule has 2 amide bonds. The lowest BCUT2D eigenvalue weighted by atomic mass is 9.86. The molecular formula is C11H17ClN2O3. The summed E-state index contributed by atoms with van der Waals surface area (Å²) in [4.78, 5) is 22.1. The molecule has 0 saturated heterocycles. The summed E-state index contributed by atoms with van der Waals surface area (Å²) >= 11 is 5.52. The molecule has 0 unspecified atom stereocenters. The van der Waals surface area contributed by atoms with Gasteiger partial charge in [-0.1, -0.05) is 18.2 Å². The minimum absolute atomic E-state index is 0.0502. The van der Waals surface area contributed by atoms with Crippen LogP contribution in [0.25, 0.3) is 0 Å². The number of amides is 2. The van der Waals surface area contributed by atoms with Crippen molar-refractivity contribution in [3.63, 3.8) is 0 Å². The van der Waals surface area contributed by atoms with Crippen molar-refractivity contribution < 1.29 is 14.7 Å². The van der Waals surface area contributed by atoms with Gasteiger partial charge >= 0.3 is 12.0 Å². The Labute approximate surface area is 105 Å². The second-order valence-corrected chi connectivity index (χ2v) is 4.77. The van der Waals surface area contributed by atoms with E-state index >= 15 is 0 Å². The molecule has 0 heterocycles. The average Bonchev–Trinajstić information content (AvgIpc) is 2.27. The van der Waals surface area contributed by atoms with Crippen molar-refractivity contribution in [1.29, 1.82) is 0 Å². The highest BCUT2D eigenvalue weighted by Crippen LogP contribution is 2.24. The maximum atomic E-state index is 11.4. The largest absolute Gasteiger partial charge is 0.481 e. The Hall–Kier alpha value is -1.23. The monoisotopic (exact) mass is 260 g/mol. The van der Waals surface area contributed by atoms with Gasteiger partial charge in [0, 0.05) is 11.1 Å². The van der Waals surface area contributed by atoms with E-state index in [1.807, 2.05) is 0 Å². The van der Waals surface area contributed by atoms with Gasteiger partial charge in [0.2, 0.25) is 0 Å². The van der Waals surface area contributed by atoms with E-state index in [0.29, 0.717) is 30.7 Å². The van der Waals surface area contributed by atoms with Gasteiger partial charge in [-0.25, -0.2) is 4.79 Å². The number of carbonyl (C=O) groups excluding carboxylic acids is 1.